The van der Waals surface area contributed by atoms with Gasteiger partial charge in [-0.2, -0.15) is 0 Å². The van der Waals surface area contributed by atoms with Crippen LogP contribution in [0.4, 0.5) is 20.7 Å². The lowest BCUT2D eigenvalue weighted by Gasteiger charge is -2.11. The van der Waals surface area contributed by atoms with Crippen LogP contribution >= 0.6 is 22.9 Å². The minimum atomic E-state index is -0.409. The van der Waals surface area contributed by atoms with Crippen molar-refractivity contribution in [1.82, 2.24) is 20.6 Å². The topological polar surface area (TPSA) is 97.4 Å². The van der Waals surface area contributed by atoms with E-state index >= 15 is 0 Å². The fourth-order valence-electron chi connectivity index (χ4n) is 4.09. The summed E-state index contributed by atoms with van der Waals surface area (Å²) < 4.78 is 24.1. The van der Waals surface area contributed by atoms with E-state index in [1.165, 1.54) is 29.8 Å². The van der Waals surface area contributed by atoms with Crippen LogP contribution < -0.4 is 20.7 Å². The number of carbonyl (C=O) groups excluding carboxylic acids is 1. The zero-order valence-electron chi connectivity index (χ0n) is 21.0. The molecular weight excluding hydrogens is 541 g/mol. The zero-order valence-corrected chi connectivity index (χ0v) is 22.5. The molecule has 0 aliphatic carbocycles. The number of nitrogens with one attached hydrogen (secondary N) is 3. The summed E-state index contributed by atoms with van der Waals surface area (Å²) in [4.78, 5) is 22.1. The number of benzene rings is 2. The Hall–Kier alpha value is -3.91. The molecule has 0 bridgehead atoms. The van der Waals surface area contributed by atoms with Gasteiger partial charge < -0.3 is 25.4 Å². The van der Waals surface area contributed by atoms with Crippen LogP contribution in [0.25, 0.3) is 10.2 Å². The Labute approximate surface area is 233 Å². The number of alkyl carbamates (subject to hydrolysis) is 1. The van der Waals surface area contributed by atoms with Crippen LogP contribution in [0.1, 0.15) is 23.8 Å². The van der Waals surface area contributed by atoms with E-state index in [0.29, 0.717) is 41.7 Å². The lowest BCUT2D eigenvalue weighted by atomic mass is 10.2. The molecule has 5 rings (SSSR count). The van der Waals surface area contributed by atoms with Gasteiger partial charge in [-0.3, -0.25) is 0 Å². The molecule has 1 saturated heterocycles. The first-order chi connectivity index (χ1) is 19.0. The van der Waals surface area contributed by atoms with E-state index in [0.717, 1.165) is 20.8 Å². The number of halogens is 2. The van der Waals surface area contributed by atoms with Gasteiger partial charge in [-0.25, -0.2) is 19.2 Å². The van der Waals surface area contributed by atoms with Crippen molar-refractivity contribution in [3.05, 3.63) is 76.1 Å². The number of carbonyl (C=O) groups is 1. The standard InChI is InChI=1S/C28H25ClFN5O3S/c1-2-37-28(36)35-21-11-19(31-14-21)6-8-22-13-23-26(32-16-33-27(23)39-22)34-20-7-9-25(24(29)12-20)38-15-17-4-3-5-18(30)10-17/h3-5,7,9-10,12-13,16,19,21,31H,2,11,14-15H2,1H3,(H,35,36)(H,32,33,34)/t19?,21-/m1/s1. The van der Waals surface area contributed by atoms with Crippen LogP contribution in [0, 0.1) is 17.7 Å². The quantitative estimate of drug-likeness (QED) is 0.250. The normalized spacial score (nSPS) is 16.4. The first-order valence-electron chi connectivity index (χ1n) is 12.3. The maximum absolute atomic E-state index is 13.4. The van der Waals surface area contributed by atoms with Crippen LogP contribution in [0.15, 0.2) is 54.9 Å². The summed E-state index contributed by atoms with van der Waals surface area (Å²) in [5.74, 6) is 7.27. The van der Waals surface area contributed by atoms with Gasteiger partial charge in [0.2, 0.25) is 0 Å². The molecule has 0 saturated carbocycles. The molecule has 1 aliphatic rings. The number of nitrogens with zero attached hydrogens (tertiary/aromatic N) is 2. The van der Waals surface area contributed by atoms with Gasteiger partial charge in [0.05, 0.1) is 27.9 Å². The van der Waals surface area contributed by atoms with Gasteiger partial charge in [0.15, 0.2) is 0 Å². The van der Waals surface area contributed by atoms with Crippen molar-refractivity contribution >= 4 is 50.8 Å². The van der Waals surface area contributed by atoms with E-state index in [4.69, 9.17) is 21.1 Å². The maximum Gasteiger partial charge on any atom is 0.407 e. The SMILES string of the molecule is CCOC(=O)N[C@H]1CNC(C#Cc2cc3c(Nc4ccc(OCc5cccc(F)c5)c(Cl)c4)ncnc3s2)C1. The highest BCUT2D eigenvalue weighted by Crippen LogP contribution is 2.33. The molecular formula is C28H25ClFN5O3S. The molecule has 1 unspecified atom stereocenters. The van der Waals surface area contributed by atoms with Crippen LogP contribution in [-0.2, 0) is 11.3 Å². The third-order valence-electron chi connectivity index (χ3n) is 5.91. The van der Waals surface area contributed by atoms with Gasteiger partial charge in [-0.05, 0) is 55.3 Å². The first kappa shape index (κ1) is 26.7. The average molecular weight is 566 g/mol. The van der Waals surface area contributed by atoms with Crippen LogP contribution in [0.3, 0.4) is 0 Å². The lowest BCUT2D eigenvalue weighted by molar-refractivity contribution is 0.148. The number of amides is 1. The number of thiophene rings is 1. The van der Waals surface area contributed by atoms with Crippen molar-refractivity contribution in [2.24, 2.45) is 0 Å². The average Bonchev–Trinajstić information content (AvgIpc) is 3.54. The maximum atomic E-state index is 13.4. The third-order valence-corrected chi connectivity index (χ3v) is 7.16. The highest BCUT2D eigenvalue weighted by molar-refractivity contribution is 7.19. The minimum Gasteiger partial charge on any atom is -0.487 e. The van der Waals surface area contributed by atoms with E-state index in [9.17, 15) is 9.18 Å². The van der Waals surface area contributed by atoms with Crippen molar-refractivity contribution in [3.63, 3.8) is 0 Å². The summed E-state index contributed by atoms with van der Waals surface area (Å²) in [5, 5.41) is 10.7. The highest BCUT2D eigenvalue weighted by atomic mass is 35.5. The largest absolute Gasteiger partial charge is 0.487 e. The number of anilines is 2. The van der Waals surface area contributed by atoms with Crippen molar-refractivity contribution < 1.29 is 18.7 Å². The van der Waals surface area contributed by atoms with Crippen LogP contribution in [0.2, 0.25) is 5.02 Å². The van der Waals surface area contributed by atoms with Crippen molar-refractivity contribution in [3.8, 4) is 17.6 Å². The molecule has 1 aliphatic heterocycles. The fraction of sp³-hybridized carbons (Fsp3) is 0.250. The second-order valence-corrected chi connectivity index (χ2v) is 10.2. The molecule has 0 spiro atoms. The summed E-state index contributed by atoms with van der Waals surface area (Å²) in [6, 6.07) is 13.5. The summed E-state index contributed by atoms with van der Waals surface area (Å²) in [6.07, 6.45) is 1.79. The van der Waals surface area contributed by atoms with Crippen LogP contribution in [0.5, 0.6) is 5.75 Å². The van der Waals surface area contributed by atoms with Gasteiger partial charge >= 0.3 is 6.09 Å². The summed E-state index contributed by atoms with van der Waals surface area (Å²) in [6.45, 7) is 2.96. The number of hydrogen-bond acceptors (Lipinski definition) is 8. The summed E-state index contributed by atoms with van der Waals surface area (Å²) in [7, 11) is 0. The molecule has 200 valence electrons. The van der Waals surface area contributed by atoms with Gasteiger partial charge in [0.1, 0.15) is 35.1 Å². The van der Waals surface area contributed by atoms with E-state index in [1.807, 2.05) is 12.1 Å². The number of fused-ring (bicyclic) bond motifs is 1. The fourth-order valence-corrected chi connectivity index (χ4v) is 5.19. The number of ether oxygens (including phenoxy) is 2. The van der Waals surface area contributed by atoms with Crippen molar-refractivity contribution in [1.29, 1.82) is 0 Å². The summed E-state index contributed by atoms with van der Waals surface area (Å²) >= 11 is 7.93. The zero-order chi connectivity index (χ0) is 27.2. The van der Waals surface area contributed by atoms with Gasteiger partial charge in [-0.15, -0.1) is 11.3 Å². The van der Waals surface area contributed by atoms with E-state index in [-0.39, 0.29) is 24.5 Å². The Kier molecular flexibility index (Phi) is 8.42. The van der Waals surface area contributed by atoms with E-state index < -0.39 is 6.09 Å². The molecule has 2 aromatic heterocycles. The highest BCUT2D eigenvalue weighted by Gasteiger charge is 2.24. The van der Waals surface area contributed by atoms with Gasteiger partial charge in [-0.1, -0.05) is 35.6 Å². The molecule has 11 heteroatoms. The molecule has 4 aromatic rings. The molecule has 1 amide bonds. The molecule has 2 aromatic carbocycles. The molecule has 0 radical (unpaired) electrons. The van der Waals surface area contributed by atoms with E-state index in [2.05, 4.69) is 37.8 Å². The second kappa shape index (κ2) is 12.3. The molecule has 3 N–H and O–H groups in total. The molecule has 39 heavy (non-hydrogen) atoms. The van der Waals surface area contributed by atoms with E-state index in [1.54, 1.807) is 31.2 Å². The Morgan fingerprint density at radius 1 is 1.26 bits per heavy atom. The number of aromatic nitrogens is 2. The monoisotopic (exact) mass is 565 g/mol. The van der Waals surface area contributed by atoms with Gasteiger partial charge in [0, 0.05) is 18.3 Å². The predicted molar refractivity (Wildman–Crippen MR) is 150 cm³/mol. The molecule has 1 fully saturated rings. The Morgan fingerprint density at radius 3 is 2.97 bits per heavy atom. The Bertz CT molecular complexity index is 1550. The third kappa shape index (κ3) is 6.95. The molecule has 2 atom stereocenters. The molecule has 3 heterocycles. The number of rotatable bonds is 7. The smallest absolute Gasteiger partial charge is 0.407 e. The second-order valence-electron chi connectivity index (χ2n) is 8.77. The first-order valence-corrected chi connectivity index (χ1v) is 13.5. The van der Waals surface area contributed by atoms with Crippen LogP contribution in [-0.4, -0.2) is 41.3 Å². The molecule has 8 nitrogen and oxygen atoms in total. The number of hydrogen-bond donors (Lipinski definition) is 3. The predicted octanol–water partition coefficient (Wildman–Crippen LogP) is 5.63. The Morgan fingerprint density at radius 2 is 2.15 bits per heavy atom. The van der Waals surface area contributed by atoms with Crippen molar-refractivity contribution in [2.75, 3.05) is 18.5 Å². The summed E-state index contributed by atoms with van der Waals surface area (Å²) in [5.41, 5.74) is 1.44. The van der Waals surface area contributed by atoms with Crippen molar-refractivity contribution in [2.45, 2.75) is 32.0 Å². The minimum absolute atomic E-state index is 0.0163. The lowest BCUT2D eigenvalue weighted by Crippen LogP contribution is -2.36. The van der Waals surface area contributed by atoms with Gasteiger partial charge in [0.25, 0.3) is 0 Å². The Balaban J connectivity index is 1.24.